The number of benzene rings is 2. The van der Waals surface area contributed by atoms with Crippen molar-refractivity contribution in [3.8, 4) is 11.5 Å². The number of hydrogen-bond acceptors (Lipinski definition) is 5. The average Bonchev–Trinajstić information content (AvgIpc) is 3.20. The third-order valence-electron chi connectivity index (χ3n) is 5.88. The van der Waals surface area contributed by atoms with Gasteiger partial charge in [0, 0.05) is 35.2 Å². The molecule has 3 aromatic rings. The molecule has 1 atom stereocenters. The second-order valence-electron chi connectivity index (χ2n) is 7.44. The largest absolute Gasteiger partial charge is 0.454 e. The maximum absolute atomic E-state index is 13.0. The Morgan fingerprint density at radius 2 is 1.96 bits per heavy atom. The van der Waals surface area contributed by atoms with Gasteiger partial charge in [0.1, 0.15) is 0 Å². The van der Waals surface area contributed by atoms with Crippen LogP contribution < -0.4 is 14.8 Å². The molecule has 1 aliphatic carbocycles. The lowest BCUT2D eigenvalue weighted by Gasteiger charge is -2.34. The number of Topliss-reactive ketones (excluding diaryl/α,β-unsaturated/α-hetero) is 1. The molecule has 1 aromatic heterocycles. The number of fused-ring (bicyclic) bond motifs is 4. The number of pyridine rings is 1. The summed E-state index contributed by atoms with van der Waals surface area (Å²) in [5, 5.41) is 4.67. The zero-order valence-electron chi connectivity index (χ0n) is 15.2. The predicted molar refractivity (Wildman–Crippen MR) is 106 cm³/mol. The molecule has 6 rings (SSSR count). The molecule has 0 bridgehead atoms. The number of carbonyl (C=O) groups excluding carboxylic acids is 1. The van der Waals surface area contributed by atoms with Crippen LogP contribution in [0.25, 0.3) is 10.9 Å². The summed E-state index contributed by atoms with van der Waals surface area (Å²) in [6, 6.07) is 14.2. The Labute approximate surface area is 162 Å². The fourth-order valence-corrected chi connectivity index (χ4v) is 4.62. The molecule has 0 fully saturated rings. The van der Waals surface area contributed by atoms with Gasteiger partial charge < -0.3 is 14.8 Å². The van der Waals surface area contributed by atoms with Crippen LogP contribution in [0.15, 0.2) is 59.9 Å². The Morgan fingerprint density at radius 1 is 1.04 bits per heavy atom. The van der Waals surface area contributed by atoms with Crippen molar-refractivity contribution in [2.75, 3.05) is 12.1 Å². The Morgan fingerprint density at radius 3 is 2.93 bits per heavy atom. The number of hydrogen-bond donors (Lipinski definition) is 1. The summed E-state index contributed by atoms with van der Waals surface area (Å²) in [6.45, 7) is 0.241. The Hall–Kier alpha value is -3.34. The first-order valence-electron chi connectivity index (χ1n) is 9.60. The molecule has 0 saturated heterocycles. The van der Waals surface area contributed by atoms with Crippen LogP contribution in [-0.2, 0) is 4.79 Å². The number of anilines is 1. The van der Waals surface area contributed by atoms with E-state index >= 15 is 0 Å². The summed E-state index contributed by atoms with van der Waals surface area (Å²) in [4.78, 5) is 17.4. The molecule has 2 aromatic carbocycles. The standard InChI is InChI=1S/C23H18N2O3/c26-18-5-1-4-17-22(18)21(13-6-9-19-20(11-13)28-12-27-19)15-7-8-16-14(23(15)25-17)3-2-10-24-16/h2-3,6-11,21,25H,1,4-5,12H2/t21-/m1/s1. The quantitative estimate of drug-likeness (QED) is 0.682. The summed E-state index contributed by atoms with van der Waals surface area (Å²) in [6.07, 6.45) is 4.18. The number of aromatic nitrogens is 1. The highest BCUT2D eigenvalue weighted by atomic mass is 16.7. The predicted octanol–water partition coefficient (Wildman–Crippen LogP) is 4.53. The first-order chi connectivity index (χ1) is 13.8. The highest BCUT2D eigenvalue weighted by Gasteiger charge is 2.36. The third-order valence-corrected chi connectivity index (χ3v) is 5.88. The van der Waals surface area contributed by atoms with Crippen LogP contribution in [0.2, 0.25) is 0 Å². The zero-order valence-corrected chi connectivity index (χ0v) is 15.2. The molecule has 3 heterocycles. The molecule has 0 saturated carbocycles. The van der Waals surface area contributed by atoms with Gasteiger partial charge in [0.05, 0.1) is 11.2 Å². The van der Waals surface area contributed by atoms with Gasteiger partial charge >= 0.3 is 0 Å². The Kier molecular flexibility index (Phi) is 3.27. The van der Waals surface area contributed by atoms with Crippen molar-refractivity contribution in [2.45, 2.75) is 25.2 Å². The van der Waals surface area contributed by atoms with Gasteiger partial charge in [-0.2, -0.15) is 0 Å². The van der Waals surface area contributed by atoms with Crippen LogP contribution in [-0.4, -0.2) is 17.6 Å². The lowest BCUT2D eigenvalue weighted by molar-refractivity contribution is -0.116. The summed E-state index contributed by atoms with van der Waals surface area (Å²) < 4.78 is 11.1. The Balaban J connectivity index is 1.62. The van der Waals surface area contributed by atoms with Crippen molar-refractivity contribution in [1.29, 1.82) is 0 Å². The van der Waals surface area contributed by atoms with E-state index in [-0.39, 0.29) is 18.5 Å². The summed E-state index contributed by atoms with van der Waals surface area (Å²) in [5.74, 6) is 1.61. The fourth-order valence-electron chi connectivity index (χ4n) is 4.62. The van der Waals surface area contributed by atoms with Crippen molar-refractivity contribution in [3.05, 3.63) is 71.1 Å². The van der Waals surface area contributed by atoms with Crippen molar-refractivity contribution in [1.82, 2.24) is 4.98 Å². The second-order valence-corrected chi connectivity index (χ2v) is 7.44. The van der Waals surface area contributed by atoms with E-state index in [0.717, 1.165) is 63.3 Å². The number of allylic oxidation sites excluding steroid dienone is 2. The minimum Gasteiger partial charge on any atom is -0.454 e. The number of ether oxygens (including phenoxy) is 2. The van der Waals surface area contributed by atoms with Crippen LogP contribution in [0.1, 0.15) is 36.3 Å². The summed E-state index contributed by atoms with van der Waals surface area (Å²) in [5.41, 5.74) is 6.10. The highest BCUT2D eigenvalue weighted by Crippen LogP contribution is 2.48. The minimum absolute atomic E-state index is 0.113. The van der Waals surface area contributed by atoms with Crippen molar-refractivity contribution in [3.63, 3.8) is 0 Å². The maximum Gasteiger partial charge on any atom is 0.231 e. The smallest absolute Gasteiger partial charge is 0.231 e. The molecule has 0 radical (unpaired) electrons. The zero-order chi connectivity index (χ0) is 18.7. The molecule has 2 aliphatic heterocycles. The SMILES string of the molecule is O=C1CCCC2=C1[C@H](c1ccc3c(c1)OCO3)c1ccc3ncccc3c1N2. The Bertz CT molecular complexity index is 1180. The van der Waals surface area contributed by atoms with Crippen molar-refractivity contribution < 1.29 is 14.3 Å². The molecular formula is C23H18N2O3. The van der Waals surface area contributed by atoms with E-state index < -0.39 is 0 Å². The normalized spacial score (nSPS) is 20.0. The van der Waals surface area contributed by atoms with Crippen LogP contribution >= 0.6 is 0 Å². The van der Waals surface area contributed by atoms with Gasteiger partial charge in [0.25, 0.3) is 0 Å². The van der Waals surface area contributed by atoms with Gasteiger partial charge in [0.15, 0.2) is 17.3 Å². The second kappa shape index (κ2) is 5.83. The van der Waals surface area contributed by atoms with Crippen LogP contribution in [0, 0.1) is 0 Å². The van der Waals surface area contributed by atoms with E-state index in [2.05, 4.69) is 22.4 Å². The molecule has 1 N–H and O–H groups in total. The molecule has 28 heavy (non-hydrogen) atoms. The van der Waals surface area contributed by atoms with Crippen LogP contribution in [0.5, 0.6) is 11.5 Å². The molecule has 0 amide bonds. The lowest BCUT2D eigenvalue weighted by atomic mass is 9.75. The first-order valence-corrected chi connectivity index (χ1v) is 9.60. The molecule has 5 heteroatoms. The fraction of sp³-hybridized carbons (Fsp3) is 0.217. The van der Waals surface area contributed by atoms with E-state index in [0.29, 0.717) is 6.42 Å². The topological polar surface area (TPSA) is 60.5 Å². The van der Waals surface area contributed by atoms with E-state index in [9.17, 15) is 4.79 Å². The van der Waals surface area contributed by atoms with E-state index in [1.54, 1.807) is 0 Å². The van der Waals surface area contributed by atoms with E-state index in [4.69, 9.17) is 9.47 Å². The van der Waals surface area contributed by atoms with Crippen molar-refractivity contribution >= 4 is 22.4 Å². The van der Waals surface area contributed by atoms with Gasteiger partial charge in [-0.05, 0) is 54.3 Å². The number of carbonyl (C=O) groups is 1. The summed E-state index contributed by atoms with van der Waals surface area (Å²) in [7, 11) is 0. The summed E-state index contributed by atoms with van der Waals surface area (Å²) >= 11 is 0. The molecule has 0 spiro atoms. The number of nitrogens with zero attached hydrogens (tertiary/aromatic N) is 1. The van der Waals surface area contributed by atoms with Gasteiger partial charge in [-0.15, -0.1) is 0 Å². The molecule has 5 nitrogen and oxygen atoms in total. The molecule has 138 valence electrons. The average molecular weight is 370 g/mol. The van der Waals surface area contributed by atoms with Crippen LogP contribution in [0.3, 0.4) is 0 Å². The maximum atomic E-state index is 13.0. The molecule has 0 unspecified atom stereocenters. The van der Waals surface area contributed by atoms with Gasteiger partial charge in [-0.3, -0.25) is 9.78 Å². The van der Waals surface area contributed by atoms with Gasteiger partial charge in [-0.25, -0.2) is 0 Å². The van der Waals surface area contributed by atoms with E-state index in [1.807, 2.05) is 36.5 Å². The van der Waals surface area contributed by atoms with Crippen molar-refractivity contribution in [2.24, 2.45) is 0 Å². The first kappa shape index (κ1) is 15.7. The van der Waals surface area contributed by atoms with Gasteiger partial charge in [0.2, 0.25) is 6.79 Å². The highest BCUT2D eigenvalue weighted by molar-refractivity contribution is 6.04. The minimum atomic E-state index is -0.113. The third kappa shape index (κ3) is 2.19. The lowest BCUT2D eigenvalue weighted by Crippen LogP contribution is -2.27. The molecule has 3 aliphatic rings. The monoisotopic (exact) mass is 370 g/mol. The number of nitrogens with one attached hydrogen (secondary N) is 1. The molecular weight excluding hydrogens is 352 g/mol. The van der Waals surface area contributed by atoms with Gasteiger partial charge in [-0.1, -0.05) is 12.1 Å². The number of rotatable bonds is 1. The van der Waals surface area contributed by atoms with Crippen LogP contribution in [0.4, 0.5) is 5.69 Å². The number of ketones is 1. The van der Waals surface area contributed by atoms with E-state index in [1.165, 1.54) is 0 Å².